The van der Waals surface area contributed by atoms with E-state index < -0.39 is 5.54 Å². The van der Waals surface area contributed by atoms with Gasteiger partial charge in [-0.25, -0.2) is 0 Å². The Hall–Kier alpha value is -0.520. The molecule has 0 aliphatic rings. The summed E-state index contributed by atoms with van der Waals surface area (Å²) >= 11 is 7.57. The molecule has 0 saturated heterocycles. The molecule has 1 rings (SSSR count). The van der Waals surface area contributed by atoms with E-state index in [1.54, 1.807) is 19.2 Å². The van der Waals surface area contributed by atoms with Crippen LogP contribution in [0.25, 0.3) is 0 Å². The zero-order chi connectivity index (χ0) is 13.1. The highest BCUT2D eigenvalue weighted by Gasteiger charge is 2.22. The minimum absolute atomic E-state index is 0.144. The molecule has 0 aliphatic heterocycles. The third-order valence-electron chi connectivity index (χ3n) is 2.15. The van der Waals surface area contributed by atoms with E-state index >= 15 is 0 Å². The molecule has 0 aliphatic carbocycles. The van der Waals surface area contributed by atoms with Crippen LogP contribution < -0.4 is 5.32 Å². The van der Waals surface area contributed by atoms with Crippen LogP contribution in [0.5, 0.6) is 0 Å². The summed E-state index contributed by atoms with van der Waals surface area (Å²) in [6, 6.07) is 5.36. The lowest BCUT2D eigenvalue weighted by Crippen LogP contribution is -2.46. The van der Waals surface area contributed by atoms with Gasteiger partial charge in [-0.05, 0) is 48.0 Å². The molecule has 0 fully saturated rings. The maximum atomic E-state index is 12.1. The average Bonchev–Trinajstić information content (AvgIpc) is 2.20. The molecule has 0 unspecified atom stereocenters. The Kier molecular flexibility index (Phi) is 5.04. The summed E-state index contributed by atoms with van der Waals surface area (Å²) in [5.74, 6) is -0.144. The van der Waals surface area contributed by atoms with Crippen LogP contribution in [0.15, 0.2) is 27.6 Å². The summed E-state index contributed by atoms with van der Waals surface area (Å²) in [5.41, 5.74) is 0.166. The van der Waals surface area contributed by atoms with Crippen molar-refractivity contribution in [1.82, 2.24) is 5.32 Å². The van der Waals surface area contributed by atoms with Gasteiger partial charge >= 0.3 is 0 Å². The second kappa shape index (κ2) is 5.89. The lowest BCUT2D eigenvalue weighted by molar-refractivity contribution is 0.0819. The van der Waals surface area contributed by atoms with E-state index in [0.717, 1.165) is 9.37 Å². The number of rotatable bonds is 4. The summed E-state index contributed by atoms with van der Waals surface area (Å²) in [5, 5.41) is 2.91. The summed E-state index contributed by atoms with van der Waals surface area (Å²) in [7, 11) is 1.61. The molecule has 0 bridgehead atoms. The van der Waals surface area contributed by atoms with Gasteiger partial charge in [-0.1, -0.05) is 0 Å². The van der Waals surface area contributed by atoms with Gasteiger partial charge in [0.05, 0.1) is 17.7 Å². The van der Waals surface area contributed by atoms with Crippen molar-refractivity contribution in [1.29, 1.82) is 0 Å². The second-order valence-electron chi connectivity index (χ2n) is 4.44. The fraction of sp³-hybridized carbons (Fsp3) is 0.417. The van der Waals surface area contributed by atoms with Crippen LogP contribution in [0.3, 0.4) is 0 Å². The molecule has 0 heterocycles. The molecule has 0 atom stereocenters. The van der Waals surface area contributed by atoms with Crippen LogP contribution >= 0.6 is 28.6 Å². The number of amides is 1. The zero-order valence-corrected chi connectivity index (χ0v) is 12.6. The van der Waals surface area contributed by atoms with E-state index in [-0.39, 0.29) is 5.91 Å². The number of carbonyl (C=O) groups is 1. The van der Waals surface area contributed by atoms with Crippen LogP contribution in [0.4, 0.5) is 0 Å². The zero-order valence-electron chi connectivity index (χ0n) is 10.1. The number of hydrogen-bond acceptors (Lipinski definition) is 3. The van der Waals surface area contributed by atoms with Crippen molar-refractivity contribution in [3.05, 3.63) is 28.2 Å². The minimum Gasteiger partial charge on any atom is -0.382 e. The summed E-state index contributed by atoms with van der Waals surface area (Å²) in [6.45, 7) is 4.27. The SMILES string of the molecule is COCC(C)(C)NC(=O)c1cc(S)ccc1Br. The van der Waals surface area contributed by atoms with Gasteiger partial charge in [0.2, 0.25) is 0 Å². The van der Waals surface area contributed by atoms with Crippen molar-refractivity contribution in [3.8, 4) is 0 Å². The van der Waals surface area contributed by atoms with Crippen LogP contribution in [0.2, 0.25) is 0 Å². The molecule has 0 spiro atoms. The van der Waals surface area contributed by atoms with E-state index in [4.69, 9.17) is 4.74 Å². The van der Waals surface area contributed by atoms with Gasteiger partial charge in [-0.2, -0.15) is 0 Å². The molecule has 0 saturated carbocycles. The molecule has 1 N–H and O–H groups in total. The van der Waals surface area contributed by atoms with Crippen LogP contribution in [-0.4, -0.2) is 25.2 Å². The van der Waals surface area contributed by atoms with E-state index in [0.29, 0.717) is 12.2 Å². The van der Waals surface area contributed by atoms with Crippen molar-refractivity contribution in [3.63, 3.8) is 0 Å². The maximum Gasteiger partial charge on any atom is 0.252 e. The lowest BCUT2D eigenvalue weighted by atomic mass is 10.1. The van der Waals surface area contributed by atoms with E-state index in [1.165, 1.54) is 0 Å². The maximum absolute atomic E-state index is 12.1. The largest absolute Gasteiger partial charge is 0.382 e. The quantitative estimate of drug-likeness (QED) is 0.838. The molecule has 0 radical (unpaired) electrons. The normalized spacial score (nSPS) is 11.4. The smallest absolute Gasteiger partial charge is 0.252 e. The number of methoxy groups -OCH3 is 1. The van der Waals surface area contributed by atoms with E-state index in [1.807, 2.05) is 19.9 Å². The Morgan fingerprint density at radius 2 is 2.18 bits per heavy atom. The molecule has 17 heavy (non-hydrogen) atoms. The molecular formula is C12H16BrNO2S. The summed E-state index contributed by atoms with van der Waals surface area (Å²) in [4.78, 5) is 12.8. The fourth-order valence-electron chi connectivity index (χ4n) is 1.46. The van der Waals surface area contributed by atoms with Gasteiger partial charge in [0, 0.05) is 16.5 Å². The van der Waals surface area contributed by atoms with E-state index in [9.17, 15) is 4.79 Å². The lowest BCUT2D eigenvalue weighted by Gasteiger charge is -2.25. The molecule has 1 aromatic carbocycles. The summed E-state index contributed by atoms with van der Waals surface area (Å²) < 4.78 is 5.81. The third-order valence-corrected chi connectivity index (χ3v) is 3.12. The standard InChI is InChI=1S/C12H16BrNO2S/c1-12(2,7-16-3)14-11(15)9-6-8(17)4-5-10(9)13/h4-6,17H,7H2,1-3H3,(H,14,15). The molecular weight excluding hydrogens is 302 g/mol. The minimum atomic E-state index is -0.405. The predicted octanol–water partition coefficient (Wildman–Crippen LogP) is 2.89. The van der Waals surface area contributed by atoms with Gasteiger partial charge in [0.25, 0.3) is 5.91 Å². The molecule has 0 aromatic heterocycles. The second-order valence-corrected chi connectivity index (χ2v) is 5.81. The first-order valence-corrected chi connectivity index (χ1v) is 6.40. The Labute approximate surface area is 115 Å². The van der Waals surface area contributed by atoms with Crippen LogP contribution in [-0.2, 0) is 4.74 Å². The molecule has 1 aromatic rings. The topological polar surface area (TPSA) is 38.3 Å². The number of nitrogens with one attached hydrogen (secondary N) is 1. The predicted molar refractivity (Wildman–Crippen MR) is 74.8 cm³/mol. The van der Waals surface area contributed by atoms with Gasteiger partial charge in [0.1, 0.15) is 0 Å². The van der Waals surface area contributed by atoms with Crippen molar-refractivity contribution in [2.24, 2.45) is 0 Å². The van der Waals surface area contributed by atoms with Crippen molar-refractivity contribution in [2.75, 3.05) is 13.7 Å². The highest BCUT2D eigenvalue weighted by Crippen LogP contribution is 2.20. The molecule has 5 heteroatoms. The van der Waals surface area contributed by atoms with Gasteiger partial charge < -0.3 is 10.1 Å². The molecule has 1 amide bonds. The number of halogens is 1. The first-order valence-electron chi connectivity index (χ1n) is 5.16. The Morgan fingerprint density at radius 1 is 1.53 bits per heavy atom. The summed E-state index contributed by atoms with van der Waals surface area (Å²) in [6.07, 6.45) is 0. The van der Waals surface area contributed by atoms with Crippen molar-refractivity contribution in [2.45, 2.75) is 24.3 Å². The Morgan fingerprint density at radius 3 is 2.76 bits per heavy atom. The average molecular weight is 318 g/mol. The molecule has 3 nitrogen and oxygen atoms in total. The van der Waals surface area contributed by atoms with Crippen LogP contribution in [0.1, 0.15) is 24.2 Å². The number of hydrogen-bond donors (Lipinski definition) is 2. The highest BCUT2D eigenvalue weighted by atomic mass is 79.9. The first-order chi connectivity index (χ1) is 7.85. The number of ether oxygens (including phenoxy) is 1. The third kappa shape index (κ3) is 4.33. The van der Waals surface area contributed by atoms with Crippen molar-refractivity contribution >= 4 is 34.5 Å². The number of thiol groups is 1. The van der Waals surface area contributed by atoms with Gasteiger partial charge in [-0.3, -0.25) is 4.79 Å². The van der Waals surface area contributed by atoms with Gasteiger partial charge in [0.15, 0.2) is 0 Å². The monoisotopic (exact) mass is 317 g/mol. The van der Waals surface area contributed by atoms with Crippen molar-refractivity contribution < 1.29 is 9.53 Å². The number of carbonyl (C=O) groups excluding carboxylic acids is 1. The highest BCUT2D eigenvalue weighted by molar-refractivity contribution is 9.10. The first kappa shape index (κ1) is 14.5. The number of benzene rings is 1. The van der Waals surface area contributed by atoms with Gasteiger partial charge in [-0.15, -0.1) is 12.6 Å². The molecule has 94 valence electrons. The Balaban J connectivity index is 2.86. The Bertz CT molecular complexity index is 421. The fourth-order valence-corrected chi connectivity index (χ4v) is 2.09. The van der Waals surface area contributed by atoms with Crippen LogP contribution in [0, 0.1) is 0 Å². The van der Waals surface area contributed by atoms with E-state index in [2.05, 4.69) is 33.9 Å².